The Kier molecular flexibility index (Phi) is 4.05. The van der Waals surface area contributed by atoms with Crippen LogP contribution in [0.25, 0.3) is 0 Å². The van der Waals surface area contributed by atoms with Crippen LogP contribution in [0.4, 0.5) is 0 Å². The van der Waals surface area contributed by atoms with E-state index in [1.165, 1.54) is 64.6 Å². The lowest BCUT2D eigenvalue weighted by atomic mass is 9.84. The van der Waals surface area contributed by atoms with Gasteiger partial charge in [0.05, 0.1) is 0 Å². The van der Waals surface area contributed by atoms with Crippen LogP contribution in [-0.2, 0) is 0 Å². The maximum atomic E-state index is 3.78. The molecule has 1 heterocycles. The summed E-state index contributed by atoms with van der Waals surface area (Å²) in [5, 5.41) is 3.78. The van der Waals surface area contributed by atoms with Crippen molar-refractivity contribution in [2.75, 3.05) is 19.6 Å². The third-order valence-corrected chi connectivity index (χ3v) is 6.71. The van der Waals surface area contributed by atoms with Gasteiger partial charge in [-0.2, -0.15) is 0 Å². The van der Waals surface area contributed by atoms with Crippen LogP contribution in [0.15, 0.2) is 0 Å². The predicted octanol–water partition coefficient (Wildman–Crippen LogP) is 3.42. The van der Waals surface area contributed by atoms with E-state index in [-0.39, 0.29) is 0 Å². The lowest BCUT2D eigenvalue weighted by Gasteiger charge is -2.45. The smallest absolute Gasteiger partial charge is 0.0250 e. The van der Waals surface area contributed by atoms with Crippen molar-refractivity contribution < 1.29 is 0 Å². The zero-order chi connectivity index (χ0) is 13.4. The van der Waals surface area contributed by atoms with Gasteiger partial charge in [0.2, 0.25) is 0 Å². The van der Waals surface area contributed by atoms with Gasteiger partial charge in [0.1, 0.15) is 0 Å². The Labute approximate surface area is 124 Å². The minimum absolute atomic E-state index is 0.824. The van der Waals surface area contributed by atoms with E-state index >= 15 is 0 Å². The summed E-state index contributed by atoms with van der Waals surface area (Å²) in [6.45, 7) is 3.99. The second-order valence-electron chi connectivity index (χ2n) is 7.97. The van der Waals surface area contributed by atoms with Crippen molar-refractivity contribution >= 4 is 0 Å². The molecule has 0 aromatic carbocycles. The molecule has 0 aromatic heterocycles. The van der Waals surface area contributed by atoms with E-state index in [9.17, 15) is 0 Å². The number of fused-ring (bicyclic) bond motifs is 1. The SMILES string of the molecule is C1CCC([C@H]2C[C@H]2CN2CCN[C@@H]3CCCC[C@@H]32)CC1. The van der Waals surface area contributed by atoms with Crippen molar-refractivity contribution in [2.24, 2.45) is 17.8 Å². The molecule has 3 aliphatic carbocycles. The van der Waals surface area contributed by atoms with Crippen LogP contribution in [0.2, 0.25) is 0 Å². The first-order chi connectivity index (χ1) is 9.92. The molecule has 0 amide bonds. The lowest BCUT2D eigenvalue weighted by molar-refractivity contribution is 0.0807. The summed E-state index contributed by atoms with van der Waals surface area (Å²) >= 11 is 0. The lowest BCUT2D eigenvalue weighted by Crippen LogP contribution is -2.59. The van der Waals surface area contributed by atoms with Crippen molar-refractivity contribution in [1.29, 1.82) is 0 Å². The molecule has 4 atom stereocenters. The van der Waals surface area contributed by atoms with Crippen LogP contribution in [0.1, 0.15) is 64.2 Å². The number of nitrogens with one attached hydrogen (secondary N) is 1. The summed E-state index contributed by atoms with van der Waals surface area (Å²) in [6, 6.07) is 1.70. The van der Waals surface area contributed by atoms with Gasteiger partial charge in [-0.25, -0.2) is 0 Å². The zero-order valence-electron chi connectivity index (χ0n) is 13.0. The number of rotatable bonds is 3. The normalized spacial score (nSPS) is 43.2. The molecule has 0 spiro atoms. The van der Waals surface area contributed by atoms with E-state index in [1.54, 1.807) is 19.3 Å². The fourth-order valence-corrected chi connectivity index (χ4v) is 5.49. The number of hydrogen-bond acceptors (Lipinski definition) is 2. The van der Waals surface area contributed by atoms with Crippen LogP contribution < -0.4 is 5.32 Å². The average Bonchev–Trinajstić information content (AvgIpc) is 3.28. The molecular weight excluding hydrogens is 244 g/mol. The summed E-state index contributed by atoms with van der Waals surface area (Å²) < 4.78 is 0. The molecule has 1 N–H and O–H groups in total. The second-order valence-corrected chi connectivity index (χ2v) is 7.97. The Morgan fingerprint density at radius 3 is 2.60 bits per heavy atom. The van der Waals surface area contributed by atoms with E-state index in [0.717, 1.165) is 29.8 Å². The fraction of sp³-hybridized carbons (Fsp3) is 1.00. The van der Waals surface area contributed by atoms with Gasteiger partial charge < -0.3 is 5.32 Å². The van der Waals surface area contributed by atoms with Gasteiger partial charge in [-0.3, -0.25) is 4.90 Å². The van der Waals surface area contributed by atoms with Crippen molar-refractivity contribution in [3.05, 3.63) is 0 Å². The average molecular weight is 276 g/mol. The van der Waals surface area contributed by atoms with Gasteiger partial charge in [0, 0.05) is 31.7 Å². The molecule has 20 heavy (non-hydrogen) atoms. The van der Waals surface area contributed by atoms with Crippen LogP contribution in [-0.4, -0.2) is 36.6 Å². The van der Waals surface area contributed by atoms with Crippen molar-refractivity contribution in [3.63, 3.8) is 0 Å². The van der Waals surface area contributed by atoms with Crippen molar-refractivity contribution in [2.45, 2.75) is 76.3 Å². The summed E-state index contributed by atoms with van der Waals surface area (Å²) in [7, 11) is 0. The third kappa shape index (κ3) is 2.78. The third-order valence-electron chi connectivity index (χ3n) is 6.71. The van der Waals surface area contributed by atoms with E-state index in [4.69, 9.17) is 0 Å². The van der Waals surface area contributed by atoms with Crippen LogP contribution in [0.3, 0.4) is 0 Å². The maximum Gasteiger partial charge on any atom is 0.0250 e. The largest absolute Gasteiger partial charge is 0.311 e. The topological polar surface area (TPSA) is 15.3 Å². The molecule has 114 valence electrons. The Balaban J connectivity index is 1.30. The number of hydrogen-bond donors (Lipinski definition) is 1. The fourth-order valence-electron chi connectivity index (χ4n) is 5.49. The molecule has 3 saturated carbocycles. The summed E-state index contributed by atoms with van der Waals surface area (Å²) in [6.07, 6.45) is 15.0. The monoisotopic (exact) mass is 276 g/mol. The molecule has 4 aliphatic rings. The molecule has 2 nitrogen and oxygen atoms in total. The Morgan fingerprint density at radius 1 is 0.900 bits per heavy atom. The number of piperazine rings is 1. The molecular formula is C18H32N2. The highest BCUT2D eigenvalue weighted by Crippen LogP contribution is 2.50. The molecule has 2 heteroatoms. The molecule has 1 aliphatic heterocycles. The van der Waals surface area contributed by atoms with Crippen LogP contribution >= 0.6 is 0 Å². The molecule has 0 unspecified atom stereocenters. The van der Waals surface area contributed by atoms with E-state index in [1.807, 2.05) is 0 Å². The zero-order valence-corrected chi connectivity index (χ0v) is 13.0. The van der Waals surface area contributed by atoms with Gasteiger partial charge in [0.25, 0.3) is 0 Å². The van der Waals surface area contributed by atoms with Gasteiger partial charge in [-0.05, 0) is 37.0 Å². The van der Waals surface area contributed by atoms with Crippen LogP contribution in [0, 0.1) is 17.8 Å². The Hall–Kier alpha value is -0.0800. The summed E-state index contributed by atoms with van der Waals surface area (Å²) in [5.41, 5.74) is 0. The molecule has 4 fully saturated rings. The van der Waals surface area contributed by atoms with Gasteiger partial charge >= 0.3 is 0 Å². The summed E-state index contributed by atoms with van der Waals surface area (Å²) in [4.78, 5) is 2.88. The van der Waals surface area contributed by atoms with Gasteiger partial charge in [-0.15, -0.1) is 0 Å². The first kappa shape index (κ1) is 13.6. The number of nitrogens with zero attached hydrogens (tertiary/aromatic N) is 1. The standard InChI is InChI=1S/C18H32N2/c1-2-6-14(7-3-1)16-12-15(16)13-20-11-10-19-17-8-4-5-9-18(17)20/h14-19H,1-13H2/t15-,16+,17+,18-/m0/s1. The van der Waals surface area contributed by atoms with E-state index in [2.05, 4.69) is 10.2 Å². The van der Waals surface area contributed by atoms with E-state index < -0.39 is 0 Å². The van der Waals surface area contributed by atoms with E-state index in [0.29, 0.717) is 0 Å². The molecule has 4 rings (SSSR count). The quantitative estimate of drug-likeness (QED) is 0.849. The van der Waals surface area contributed by atoms with Gasteiger partial charge in [-0.1, -0.05) is 44.9 Å². The van der Waals surface area contributed by atoms with Crippen molar-refractivity contribution in [3.8, 4) is 0 Å². The van der Waals surface area contributed by atoms with Crippen LogP contribution in [0.5, 0.6) is 0 Å². The highest BCUT2D eigenvalue weighted by atomic mass is 15.2. The Bertz CT molecular complexity index is 321. The van der Waals surface area contributed by atoms with Crippen molar-refractivity contribution in [1.82, 2.24) is 10.2 Å². The highest BCUT2D eigenvalue weighted by Gasteiger charge is 2.45. The highest BCUT2D eigenvalue weighted by molar-refractivity contribution is 4.98. The second kappa shape index (κ2) is 5.96. The first-order valence-electron chi connectivity index (χ1n) is 9.39. The maximum absolute atomic E-state index is 3.78. The summed E-state index contributed by atoms with van der Waals surface area (Å²) in [5.74, 6) is 3.30. The minimum Gasteiger partial charge on any atom is -0.311 e. The molecule has 0 bridgehead atoms. The Morgan fingerprint density at radius 2 is 1.70 bits per heavy atom. The minimum atomic E-state index is 0.824. The predicted molar refractivity (Wildman–Crippen MR) is 83.8 cm³/mol. The molecule has 0 aromatic rings. The molecule has 0 radical (unpaired) electrons. The first-order valence-corrected chi connectivity index (χ1v) is 9.39. The molecule has 1 saturated heterocycles. The van der Waals surface area contributed by atoms with Gasteiger partial charge in [0.15, 0.2) is 0 Å².